The Morgan fingerprint density at radius 1 is 1.00 bits per heavy atom. The van der Waals surface area contributed by atoms with E-state index >= 15 is 0 Å². The Labute approximate surface area is 235 Å². The van der Waals surface area contributed by atoms with Crippen molar-refractivity contribution in [2.24, 2.45) is 5.92 Å². The number of anilines is 1. The Bertz CT molecular complexity index is 1450. The van der Waals surface area contributed by atoms with E-state index < -0.39 is 0 Å². The number of hydrogen-bond acceptors (Lipinski definition) is 7. The Morgan fingerprint density at radius 2 is 1.75 bits per heavy atom. The van der Waals surface area contributed by atoms with Crippen LogP contribution in [0, 0.1) is 19.8 Å². The first kappa shape index (κ1) is 26.5. The lowest BCUT2D eigenvalue weighted by Gasteiger charge is -2.35. The maximum absolute atomic E-state index is 12.8. The summed E-state index contributed by atoms with van der Waals surface area (Å²) in [5.41, 5.74) is 9.31. The number of rotatable bonds is 7. The average molecular weight is 542 g/mol. The lowest BCUT2D eigenvalue weighted by molar-refractivity contribution is -0.131. The molecule has 2 fully saturated rings. The first-order chi connectivity index (χ1) is 19.4. The van der Waals surface area contributed by atoms with E-state index in [2.05, 4.69) is 69.5 Å². The molecule has 2 aliphatic rings. The average Bonchev–Trinajstić information content (AvgIpc) is 3.60. The maximum atomic E-state index is 12.8. The molecule has 0 unspecified atom stereocenters. The van der Waals surface area contributed by atoms with E-state index in [9.17, 15) is 4.79 Å². The van der Waals surface area contributed by atoms with Crippen molar-refractivity contribution in [1.29, 1.82) is 0 Å². The number of piperazine rings is 1. The lowest BCUT2D eigenvalue weighted by atomic mass is 9.85. The molecule has 4 heterocycles. The molecule has 9 nitrogen and oxygen atoms in total. The number of benzene rings is 1. The van der Waals surface area contributed by atoms with Gasteiger partial charge in [-0.25, -0.2) is 15.0 Å². The smallest absolute Gasteiger partial charge is 0.237 e. The molecular formula is C31H39N7O2. The molecule has 1 saturated carbocycles. The molecule has 9 heteroatoms. The van der Waals surface area contributed by atoms with Gasteiger partial charge >= 0.3 is 0 Å². The minimum absolute atomic E-state index is 0.106. The quantitative estimate of drug-likeness (QED) is 0.353. The highest BCUT2D eigenvalue weighted by Crippen LogP contribution is 2.29. The summed E-state index contributed by atoms with van der Waals surface area (Å²) in [6.07, 6.45) is 5.52. The summed E-state index contributed by atoms with van der Waals surface area (Å²) in [5, 5.41) is 5.78. The number of fused-ring (bicyclic) bond motifs is 1. The number of aryl methyl sites for hydroxylation is 2. The summed E-state index contributed by atoms with van der Waals surface area (Å²) in [5.74, 6) is 1.82. The van der Waals surface area contributed by atoms with Crippen molar-refractivity contribution in [3.8, 4) is 11.6 Å². The van der Waals surface area contributed by atoms with Crippen LogP contribution in [0.2, 0.25) is 0 Å². The van der Waals surface area contributed by atoms with E-state index in [4.69, 9.17) is 14.4 Å². The first-order valence-corrected chi connectivity index (χ1v) is 14.4. The number of furan rings is 1. The van der Waals surface area contributed by atoms with Crippen molar-refractivity contribution in [2.45, 2.75) is 52.1 Å². The monoisotopic (exact) mass is 541 g/mol. The topological polar surface area (TPSA) is 91.5 Å². The largest absolute Gasteiger partial charge is 0.461 e. The van der Waals surface area contributed by atoms with Gasteiger partial charge in [0.05, 0.1) is 12.8 Å². The van der Waals surface area contributed by atoms with Crippen LogP contribution in [0.15, 0.2) is 53.1 Å². The van der Waals surface area contributed by atoms with Crippen LogP contribution in [-0.4, -0.2) is 69.6 Å². The van der Waals surface area contributed by atoms with Gasteiger partial charge in [-0.15, -0.1) is 0 Å². The number of hydrogen-bond donors (Lipinski definition) is 2. The number of amides is 1. The third-order valence-electron chi connectivity index (χ3n) is 8.30. The molecule has 1 aliphatic carbocycles. The molecule has 1 aromatic carbocycles. The second-order valence-electron chi connectivity index (χ2n) is 11.4. The van der Waals surface area contributed by atoms with Crippen LogP contribution in [0.25, 0.3) is 22.7 Å². The first-order valence-electron chi connectivity index (χ1n) is 14.4. The van der Waals surface area contributed by atoms with E-state index in [0.717, 1.165) is 91.6 Å². The zero-order chi connectivity index (χ0) is 27.6. The number of pyridine rings is 1. The molecule has 1 amide bonds. The maximum Gasteiger partial charge on any atom is 0.237 e. The predicted molar refractivity (Wildman–Crippen MR) is 157 cm³/mol. The van der Waals surface area contributed by atoms with Gasteiger partial charge in [-0.1, -0.05) is 12.1 Å². The van der Waals surface area contributed by atoms with Gasteiger partial charge in [0.1, 0.15) is 5.52 Å². The van der Waals surface area contributed by atoms with Gasteiger partial charge in [0.25, 0.3) is 0 Å². The van der Waals surface area contributed by atoms with Crippen LogP contribution >= 0.6 is 0 Å². The number of nitrogens with zero attached hydrogens (tertiary/aromatic N) is 5. The van der Waals surface area contributed by atoms with Gasteiger partial charge in [-0.05, 0) is 88.0 Å². The van der Waals surface area contributed by atoms with Crippen molar-refractivity contribution in [3.63, 3.8) is 0 Å². The van der Waals surface area contributed by atoms with Gasteiger partial charge in [0, 0.05) is 49.5 Å². The molecular weight excluding hydrogens is 502 g/mol. The fraction of sp³-hybridized carbons (Fsp3) is 0.452. The summed E-state index contributed by atoms with van der Waals surface area (Å²) < 4.78 is 7.86. The SMILES string of the molecule is Cc1cc(C)c2nc(-c3ccco3)n(Cc3ccc(NC4CCC(C(=O)NN5CCN(C)CC5)CC4)cc3)c2n1. The van der Waals surface area contributed by atoms with E-state index in [-0.39, 0.29) is 11.8 Å². The minimum Gasteiger partial charge on any atom is -0.461 e. The van der Waals surface area contributed by atoms with Crippen LogP contribution in [0.3, 0.4) is 0 Å². The van der Waals surface area contributed by atoms with Crippen molar-refractivity contribution < 1.29 is 9.21 Å². The van der Waals surface area contributed by atoms with E-state index in [0.29, 0.717) is 12.6 Å². The Balaban J connectivity index is 1.07. The van der Waals surface area contributed by atoms with Gasteiger partial charge in [-0.2, -0.15) is 0 Å². The molecule has 40 heavy (non-hydrogen) atoms. The molecule has 0 bridgehead atoms. The second kappa shape index (κ2) is 11.4. The molecule has 1 aliphatic heterocycles. The van der Waals surface area contributed by atoms with Gasteiger partial charge in [0.2, 0.25) is 5.91 Å². The van der Waals surface area contributed by atoms with Crippen LogP contribution in [-0.2, 0) is 11.3 Å². The van der Waals surface area contributed by atoms with Crippen LogP contribution in [0.1, 0.15) is 42.5 Å². The normalized spacial score (nSPS) is 20.6. The predicted octanol–water partition coefficient (Wildman–Crippen LogP) is 4.61. The molecule has 2 N–H and O–H groups in total. The molecule has 0 spiro atoms. The van der Waals surface area contributed by atoms with Crippen LogP contribution in [0.4, 0.5) is 5.69 Å². The Morgan fingerprint density at radius 3 is 2.45 bits per heavy atom. The highest BCUT2D eigenvalue weighted by atomic mass is 16.3. The second-order valence-corrected chi connectivity index (χ2v) is 11.4. The number of carbonyl (C=O) groups excluding carboxylic acids is 1. The third kappa shape index (κ3) is 5.76. The van der Waals surface area contributed by atoms with E-state index in [1.165, 1.54) is 5.56 Å². The van der Waals surface area contributed by atoms with Crippen LogP contribution in [0.5, 0.6) is 0 Å². The summed E-state index contributed by atoms with van der Waals surface area (Å²) in [7, 11) is 2.12. The number of carbonyl (C=O) groups is 1. The number of nitrogens with one attached hydrogen (secondary N) is 2. The van der Waals surface area contributed by atoms with Crippen molar-refractivity contribution in [3.05, 3.63) is 65.5 Å². The number of hydrazine groups is 1. The van der Waals surface area contributed by atoms with Gasteiger partial charge < -0.3 is 19.2 Å². The number of likely N-dealkylation sites (N-methyl/N-ethyl adjacent to an activating group) is 1. The van der Waals surface area contributed by atoms with Gasteiger partial charge in [0.15, 0.2) is 17.2 Å². The Hall–Kier alpha value is -3.69. The highest BCUT2D eigenvalue weighted by molar-refractivity contribution is 5.80. The van der Waals surface area contributed by atoms with E-state index in [1.807, 2.05) is 19.1 Å². The summed E-state index contributed by atoms with van der Waals surface area (Å²) in [6, 6.07) is 14.9. The molecule has 4 aromatic rings. The lowest BCUT2D eigenvalue weighted by Crippen LogP contribution is -2.54. The standard InChI is InChI=1S/C31H39N7O2/c1-21-19-22(2)32-30-28(21)34-29(27-5-4-18-40-27)38(30)20-23-6-10-25(11-7-23)33-26-12-8-24(9-13-26)31(39)35-37-16-14-36(3)15-17-37/h4-7,10-11,18-19,24,26,33H,8-9,12-17,20H2,1-3H3,(H,35,39). The van der Waals surface area contributed by atoms with Gasteiger partial charge in [-0.3, -0.25) is 10.2 Å². The van der Waals surface area contributed by atoms with Crippen molar-refractivity contribution >= 4 is 22.8 Å². The molecule has 6 rings (SSSR count). The molecule has 210 valence electrons. The summed E-state index contributed by atoms with van der Waals surface area (Å²) in [4.78, 5) is 24.8. The zero-order valence-corrected chi connectivity index (χ0v) is 23.7. The highest BCUT2D eigenvalue weighted by Gasteiger charge is 2.28. The van der Waals surface area contributed by atoms with Crippen LogP contribution < -0.4 is 10.7 Å². The molecule has 0 atom stereocenters. The number of imidazole rings is 1. The molecule has 3 aromatic heterocycles. The minimum atomic E-state index is 0.106. The van der Waals surface area contributed by atoms with Crippen molar-refractivity contribution in [1.82, 2.24) is 29.9 Å². The molecule has 1 saturated heterocycles. The fourth-order valence-corrected chi connectivity index (χ4v) is 5.94. The fourth-order valence-electron chi connectivity index (χ4n) is 5.94. The summed E-state index contributed by atoms with van der Waals surface area (Å²) >= 11 is 0. The summed E-state index contributed by atoms with van der Waals surface area (Å²) in [6.45, 7) is 8.53. The van der Waals surface area contributed by atoms with Crippen molar-refractivity contribution in [2.75, 3.05) is 38.5 Å². The van der Waals surface area contributed by atoms with E-state index in [1.54, 1.807) is 6.26 Å². The Kier molecular flexibility index (Phi) is 7.58. The number of aromatic nitrogens is 3. The molecule has 0 radical (unpaired) electrons. The third-order valence-corrected chi connectivity index (χ3v) is 8.30. The zero-order valence-electron chi connectivity index (χ0n) is 23.7.